The fourth-order valence-electron chi connectivity index (χ4n) is 5.39. The van der Waals surface area contributed by atoms with Crippen LogP contribution in [0.15, 0.2) is 47.2 Å². The first-order chi connectivity index (χ1) is 22.5. The van der Waals surface area contributed by atoms with Gasteiger partial charge in [-0.3, -0.25) is 14.6 Å². The van der Waals surface area contributed by atoms with Crippen LogP contribution >= 0.6 is 0 Å². The van der Waals surface area contributed by atoms with Gasteiger partial charge in [0.25, 0.3) is 11.8 Å². The standard InChI is InChI=1S/C34H46N6O7/c1-21-18-40(22(2)20-41)33(43)28-17-27(36-32(42)26-12-14-35-15-13-26)10-11-29(28)46-23(3)9-7-8-16-45-30(21)19-39(6)34(44)37-31-24(4)38-47-25(31)5/h10-15,17,21-23,30,41H,7-9,16,18-20H2,1-6H3,(H,36,42)(H,37,44)/t21-,22+,23+,30-/m0/s1. The van der Waals surface area contributed by atoms with Gasteiger partial charge in [-0.2, -0.15) is 0 Å². The lowest BCUT2D eigenvalue weighted by molar-refractivity contribution is -0.0115. The fourth-order valence-corrected chi connectivity index (χ4v) is 5.39. The molecular weight excluding hydrogens is 604 g/mol. The number of hydrogen-bond donors (Lipinski definition) is 3. The van der Waals surface area contributed by atoms with E-state index in [1.807, 2.05) is 13.8 Å². The number of ether oxygens (including phenoxy) is 2. The molecule has 3 aromatic rings. The summed E-state index contributed by atoms with van der Waals surface area (Å²) in [6, 6.07) is 7.34. The Kier molecular flexibility index (Phi) is 12.3. The van der Waals surface area contributed by atoms with Crippen molar-refractivity contribution in [2.75, 3.05) is 44.0 Å². The minimum Gasteiger partial charge on any atom is -0.490 e. The highest BCUT2D eigenvalue weighted by Crippen LogP contribution is 2.29. The maximum atomic E-state index is 14.3. The molecule has 0 saturated heterocycles. The Labute approximate surface area is 275 Å². The lowest BCUT2D eigenvalue weighted by Gasteiger charge is -2.35. The van der Waals surface area contributed by atoms with Gasteiger partial charge in [0.15, 0.2) is 5.76 Å². The molecule has 3 N–H and O–H groups in total. The molecule has 0 bridgehead atoms. The Morgan fingerprint density at radius 3 is 2.55 bits per heavy atom. The third-order valence-electron chi connectivity index (χ3n) is 8.32. The molecule has 4 amide bonds. The van der Waals surface area contributed by atoms with Crippen LogP contribution in [0.1, 0.15) is 72.2 Å². The third kappa shape index (κ3) is 9.29. The van der Waals surface area contributed by atoms with E-state index in [1.165, 1.54) is 12.4 Å². The van der Waals surface area contributed by atoms with E-state index in [9.17, 15) is 19.5 Å². The molecule has 1 aliphatic rings. The van der Waals surface area contributed by atoms with Crippen molar-refractivity contribution in [1.29, 1.82) is 0 Å². The topological polar surface area (TPSA) is 159 Å². The summed E-state index contributed by atoms with van der Waals surface area (Å²) in [6.07, 6.45) is 4.81. The van der Waals surface area contributed by atoms with Crippen LogP contribution in [0.5, 0.6) is 5.75 Å². The molecule has 3 heterocycles. The minimum absolute atomic E-state index is 0.195. The number of likely N-dealkylation sites (N-methyl/N-ethyl adjacent to an activating group) is 1. The number of fused-ring (bicyclic) bond motifs is 1. The number of rotatable bonds is 7. The number of aliphatic hydroxyl groups excluding tert-OH is 1. The monoisotopic (exact) mass is 650 g/mol. The zero-order valence-electron chi connectivity index (χ0n) is 28.0. The Morgan fingerprint density at radius 2 is 1.87 bits per heavy atom. The average Bonchev–Trinajstić information content (AvgIpc) is 3.38. The lowest BCUT2D eigenvalue weighted by atomic mass is 10.0. The van der Waals surface area contributed by atoms with Crippen LogP contribution in [0.4, 0.5) is 16.2 Å². The molecule has 47 heavy (non-hydrogen) atoms. The number of urea groups is 1. The summed E-state index contributed by atoms with van der Waals surface area (Å²) in [6.45, 7) is 9.86. The number of aliphatic hydroxyl groups is 1. The van der Waals surface area contributed by atoms with Crippen LogP contribution in [-0.2, 0) is 4.74 Å². The number of carbonyl (C=O) groups excluding carboxylic acids is 3. The average molecular weight is 651 g/mol. The molecule has 0 spiro atoms. The molecule has 2 aromatic heterocycles. The summed E-state index contributed by atoms with van der Waals surface area (Å²) >= 11 is 0. The van der Waals surface area contributed by atoms with Crippen molar-refractivity contribution in [3.63, 3.8) is 0 Å². The second-order valence-electron chi connectivity index (χ2n) is 12.2. The smallest absolute Gasteiger partial charge is 0.321 e. The van der Waals surface area contributed by atoms with E-state index in [4.69, 9.17) is 14.0 Å². The predicted molar refractivity (Wildman–Crippen MR) is 177 cm³/mol. The number of nitrogens with one attached hydrogen (secondary N) is 2. The predicted octanol–water partition coefficient (Wildman–Crippen LogP) is 4.90. The summed E-state index contributed by atoms with van der Waals surface area (Å²) in [5, 5.41) is 19.8. The van der Waals surface area contributed by atoms with Crippen LogP contribution in [0.3, 0.4) is 0 Å². The molecule has 0 saturated carbocycles. The highest BCUT2D eigenvalue weighted by molar-refractivity contribution is 6.05. The highest BCUT2D eigenvalue weighted by atomic mass is 16.5. The number of aryl methyl sites for hydroxylation is 2. The summed E-state index contributed by atoms with van der Waals surface area (Å²) in [5.74, 6) is -0.0268. The zero-order valence-corrected chi connectivity index (χ0v) is 28.0. The number of carbonyl (C=O) groups is 3. The van der Waals surface area contributed by atoms with Gasteiger partial charge in [0, 0.05) is 56.3 Å². The van der Waals surface area contributed by atoms with Crippen LogP contribution in [0, 0.1) is 19.8 Å². The van der Waals surface area contributed by atoms with E-state index in [2.05, 4.69) is 20.8 Å². The maximum Gasteiger partial charge on any atom is 0.321 e. The number of aromatic nitrogens is 2. The molecule has 4 rings (SSSR count). The van der Waals surface area contributed by atoms with Crippen LogP contribution in [-0.4, -0.2) is 94.5 Å². The van der Waals surface area contributed by atoms with Crippen molar-refractivity contribution in [2.45, 2.75) is 72.1 Å². The van der Waals surface area contributed by atoms with Gasteiger partial charge < -0.3 is 39.5 Å². The number of pyridine rings is 1. The van der Waals surface area contributed by atoms with Gasteiger partial charge in [-0.15, -0.1) is 0 Å². The van der Waals surface area contributed by atoms with Crippen LogP contribution in [0.25, 0.3) is 0 Å². The molecule has 0 unspecified atom stereocenters. The Hall–Kier alpha value is -4.49. The minimum atomic E-state index is -0.542. The van der Waals surface area contributed by atoms with E-state index in [0.29, 0.717) is 40.7 Å². The number of hydrogen-bond acceptors (Lipinski definition) is 9. The van der Waals surface area contributed by atoms with E-state index in [0.717, 1.165) is 19.3 Å². The van der Waals surface area contributed by atoms with Crippen molar-refractivity contribution in [3.8, 4) is 5.75 Å². The third-order valence-corrected chi connectivity index (χ3v) is 8.32. The first-order valence-electron chi connectivity index (χ1n) is 16.0. The van der Waals surface area contributed by atoms with Gasteiger partial charge >= 0.3 is 6.03 Å². The van der Waals surface area contributed by atoms with Crippen molar-refractivity contribution < 1.29 is 33.5 Å². The van der Waals surface area contributed by atoms with Crippen LogP contribution < -0.4 is 15.4 Å². The maximum absolute atomic E-state index is 14.3. The molecule has 0 fully saturated rings. The molecule has 4 atom stereocenters. The van der Waals surface area contributed by atoms with E-state index < -0.39 is 12.1 Å². The largest absolute Gasteiger partial charge is 0.490 e. The SMILES string of the molecule is Cc1noc(C)c1NC(=O)N(C)C[C@@H]1OCCCC[C@@H](C)Oc2ccc(NC(=O)c3ccncc3)cc2C(=O)N([C@H](C)CO)C[C@@H]1C. The Morgan fingerprint density at radius 1 is 1.13 bits per heavy atom. The Balaban J connectivity index is 1.60. The molecule has 254 valence electrons. The van der Waals surface area contributed by atoms with E-state index in [-0.39, 0.29) is 55.1 Å². The van der Waals surface area contributed by atoms with E-state index in [1.54, 1.807) is 68.0 Å². The van der Waals surface area contributed by atoms with Gasteiger partial charge in [-0.05, 0) is 77.3 Å². The van der Waals surface area contributed by atoms with Crippen molar-refractivity contribution in [2.24, 2.45) is 5.92 Å². The van der Waals surface area contributed by atoms with Gasteiger partial charge in [0.1, 0.15) is 17.1 Å². The highest BCUT2D eigenvalue weighted by Gasteiger charge is 2.31. The van der Waals surface area contributed by atoms with Gasteiger partial charge in [-0.25, -0.2) is 4.79 Å². The van der Waals surface area contributed by atoms with Gasteiger partial charge in [0.2, 0.25) is 0 Å². The lowest BCUT2D eigenvalue weighted by Crippen LogP contribution is -2.48. The first-order valence-corrected chi connectivity index (χ1v) is 16.0. The van der Waals surface area contributed by atoms with E-state index >= 15 is 0 Å². The van der Waals surface area contributed by atoms with Gasteiger partial charge in [0.05, 0.1) is 30.4 Å². The van der Waals surface area contributed by atoms with Crippen LogP contribution in [0.2, 0.25) is 0 Å². The summed E-state index contributed by atoms with van der Waals surface area (Å²) in [7, 11) is 1.69. The fraction of sp³-hybridized carbons (Fsp3) is 0.500. The number of anilines is 2. The van der Waals surface area contributed by atoms with Crippen molar-refractivity contribution in [3.05, 3.63) is 65.3 Å². The number of nitrogens with zero attached hydrogens (tertiary/aromatic N) is 4. The first kappa shape index (κ1) is 35.4. The van der Waals surface area contributed by atoms with Crippen molar-refractivity contribution in [1.82, 2.24) is 19.9 Å². The van der Waals surface area contributed by atoms with Crippen molar-refractivity contribution >= 4 is 29.2 Å². The molecule has 13 heteroatoms. The number of amides is 4. The molecule has 1 aliphatic heterocycles. The quantitative estimate of drug-likeness (QED) is 0.323. The van der Waals surface area contributed by atoms with Gasteiger partial charge in [-0.1, -0.05) is 12.1 Å². The normalized spacial score (nSPS) is 19.9. The summed E-state index contributed by atoms with van der Waals surface area (Å²) in [5.41, 5.74) is 2.23. The zero-order chi connectivity index (χ0) is 34.1. The molecule has 1 aromatic carbocycles. The Bertz CT molecular complexity index is 1490. The molecule has 0 radical (unpaired) electrons. The number of benzene rings is 1. The second kappa shape index (κ2) is 16.4. The second-order valence-corrected chi connectivity index (χ2v) is 12.2. The summed E-state index contributed by atoms with van der Waals surface area (Å²) < 4.78 is 17.8. The molecular formula is C34H46N6O7. The summed E-state index contributed by atoms with van der Waals surface area (Å²) in [4.78, 5) is 47.5. The molecule has 13 nitrogen and oxygen atoms in total. The molecule has 0 aliphatic carbocycles.